The number of ether oxygens (including phenoxy) is 1. The first-order valence-electron chi connectivity index (χ1n) is 9.80. The quantitative estimate of drug-likeness (QED) is 0.787. The highest BCUT2D eigenvalue weighted by atomic mass is 19.1. The lowest BCUT2D eigenvalue weighted by atomic mass is 10.2. The van der Waals surface area contributed by atoms with Crippen molar-refractivity contribution in [3.8, 4) is 5.75 Å². The highest BCUT2D eigenvalue weighted by Gasteiger charge is 2.21. The molecule has 1 aliphatic rings. The van der Waals surface area contributed by atoms with Gasteiger partial charge in [-0.2, -0.15) is 0 Å². The monoisotopic (exact) mass is 388 g/mol. The van der Waals surface area contributed by atoms with E-state index < -0.39 is 6.10 Å². The van der Waals surface area contributed by atoms with E-state index >= 15 is 0 Å². The summed E-state index contributed by atoms with van der Waals surface area (Å²) in [5.41, 5.74) is 0.990. The lowest BCUT2D eigenvalue weighted by molar-refractivity contribution is 0.0662. The van der Waals surface area contributed by atoms with Gasteiger partial charge in [-0.15, -0.1) is 0 Å². The van der Waals surface area contributed by atoms with E-state index in [1.54, 1.807) is 12.1 Å². The Balaban J connectivity index is 1.46. The minimum Gasteiger partial charge on any atom is -0.491 e. The van der Waals surface area contributed by atoms with Gasteiger partial charge in [0.25, 0.3) is 0 Å². The maximum absolute atomic E-state index is 12.9. The fraction of sp³-hybridized carbons (Fsp3) is 0.524. The van der Waals surface area contributed by atoms with Gasteiger partial charge in [-0.25, -0.2) is 14.4 Å². The molecule has 1 N–H and O–H groups in total. The summed E-state index contributed by atoms with van der Waals surface area (Å²) in [5.74, 6) is 2.42. The number of piperazine rings is 1. The number of hydrogen-bond acceptors (Lipinski definition) is 6. The van der Waals surface area contributed by atoms with Crippen LogP contribution in [0.1, 0.15) is 31.3 Å². The first-order valence-corrected chi connectivity index (χ1v) is 9.80. The van der Waals surface area contributed by atoms with Crippen molar-refractivity contribution in [3.63, 3.8) is 0 Å². The molecule has 3 rings (SSSR count). The molecule has 0 aliphatic carbocycles. The number of hydrogen-bond donors (Lipinski definition) is 1. The SMILES string of the molecule is Cc1cc(N2CCN(CC(O)COc3ccc(F)cc3)CC2)nc(C(C)C)n1. The second-order valence-corrected chi connectivity index (χ2v) is 7.59. The Morgan fingerprint density at radius 1 is 1.11 bits per heavy atom. The summed E-state index contributed by atoms with van der Waals surface area (Å²) in [6, 6.07) is 7.86. The maximum atomic E-state index is 12.9. The Hall–Kier alpha value is -2.25. The van der Waals surface area contributed by atoms with Crippen LogP contribution in [-0.4, -0.2) is 65.4 Å². The second-order valence-electron chi connectivity index (χ2n) is 7.59. The summed E-state index contributed by atoms with van der Waals surface area (Å²) in [5, 5.41) is 10.3. The minimum atomic E-state index is -0.592. The van der Waals surface area contributed by atoms with Gasteiger partial charge in [0, 0.05) is 50.4 Å². The molecule has 6 nitrogen and oxygen atoms in total. The van der Waals surface area contributed by atoms with Crippen LogP contribution in [0.2, 0.25) is 0 Å². The van der Waals surface area contributed by atoms with Crippen molar-refractivity contribution in [3.05, 3.63) is 47.7 Å². The molecule has 0 saturated carbocycles. The molecule has 0 amide bonds. The Morgan fingerprint density at radius 3 is 2.43 bits per heavy atom. The number of β-amino-alcohol motifs (C(OH)–C–C–N with tert-alkyl or cyclic N) is 1. The van der Waals surface area contributed by atoms with Gasteiger partial charge in [0.15, 0.2) is 0 Å². The van der Waals surface area contributed by atoms with Crippen LogP contribution >= 0.6 is 0 Å². The van der Waals surface area contributed by atoms with E-state index in [4.69, 9.17) is 9.72 Å². The van der Waals surface area contributed by atoms with Gasteiger partial charge in [-0.05, 0) is 31.2 Å². The molecule has 1 fully saturated rings. The van der Waals surface area contributed by atoms with Crippen molar-refractivity contribution in [2.45, 2.75) is 32.8 Å². The molecular formula is C21H29FN4O2. The van der Waals surface area contributed by atoms with Crippen LogP contribution < -0.4 is 9.64 Å². The molecular weight excluding hydrogens is 359 g/mol. The molecule has 0 bridgehead atoms. The first kappa shape index (κ1) is 20.5. The van der Waals surface area contributed by atoms with Gasteiger partial charge < -0.3 is 14.7 Å². The number of nitrogens with zero attached hydrogens (tertiary/aromatic N) is 4. The van der Waals surface area contributed by atoms with Crippen molar-refractivity contribution in [2.75, 3.05) is 44.2 Å². The van der Waals surface area contributed by atoms with Crippen molar-refractivity contribution >= 4 is 5.82 Å². The van der Waals surface area contributed by atoms with E-state index in [9.17, 15) is 9.50 Å². The molecule has 28 heavy (non-hydrogen) atoms. The lowest BCUT2D eigenvalue weighted by Gasteiger charge is -2.36. The number of halogens is 1. The topological polar surface area (TPSA) is 61.7 Å². The smallest absolute Gasteiger partial charge is 0.133 e. The van der Waals surface area contributed by atoms with E-state index in [0.29, 0.717) is 18.2 Å². The molecule has 1 aromatic carbocycles. The summed E-state index contributed by atoms with van der Waals surface area (Å²) in [6.45, 7) is 10.4. The fourth-order valence-corrected chi connectivity index (χ4v) is 3.23. The zero-order chi connectivity index (χ0) is 20.1. The molecule has 0 spiro atoms. The Bertz CT molecular complexity index is 762. The van der Waals surface area contributed by atoms with Crippen LogP contribution in [0.3, 0.4) is 0 Å². The van der Waals surface area contributed by atoms with E-state index in [0.717, 1.165) is 43.5 Å². The van der Waals surface area contributed by atoms with Crippen molar-refractivity contribution in [2.24, 2.45) is 0 Å². The molecule has 1 aromatic heterocycles. The number of aromatic nitrogens is 2. The van der Waals surface area contributed by atoms with E-state index in [1.165, 1.54) is 12.1 Å². The standard InChI is InChI=1S/C21H29FN4O2/c1-15(2)21-23-16(3)12-20(24-21)26-10-8-25(9-11-26)13-18(27)14-28-19-6-4-17(22)5-7-19/h4-7,12,15,18,27H,8-11,13-14H2,1-3H3. The van der Waals surface area contributed by atoms with Gasteiger partial charge in [0.1, 0.15) is 35.9 Å². The number of aliphatic hydroxyl groups excluding tert-OH is 1. The van der Waals surface area contributed by atoms with E-state index in [2.05, 4.69) is 28.6 Å². The van der Waals surface area contributed by atoms with E-state index in [-0.39, 0.29) is 12.4 Å². The highest BCUT2D eigenvalue weighted by Crippen LogP contribution is 2.19. The molecule has 1 unspecified atom stereocenters. The van der Waals surface area contributed by atoms with Crippen molar-refractivity contribution in [1.82, 2.24) is 14.9 Å². The first-order chi connectivity index (χ1) is 13.4. The predicted molar refractivity (Wildman–Crippen MR) is 107 cm³/mol. The third-order valence-electron chi connectivity index (χ3n) is 4.80. The summed E-state index contributed by atoms with van der Waals surface area (Å²) in [6.07, 6.45) is -0.592. The van der Waals surface area contributed by atoms with E-state index in [1.807, 2.05) is 13.0 Å². The van der Waals surface area contributed by atoms with Gasteiger partial charge in [-0.3, -0.25) is 4.90 Å². The molecule has 1 saturated heterocycles. The Labute approximate surface area is 166 Å². The summed E-state index contributed by atoms with van der Waals surface area (Å²) in [4.78, 5) is 13.7. The molecule has 7 heteroatoms. The van der Waals surface area contributed by atoms with Crippen LogP contribution in [0.15, 0.2) is 30.3 Å². The molecule has 2 aromatic rings. The number of aryl methyl sites for hydroxylation is 1. The van der Waals surface area contributed by atoms with Crippen LogP contribution in [-0.2, 0) is 0 Å². The van der Waals surface area contributed by atoms with Crippen LogP contribution in [0.25, 0.3) is 0 Å². The fourth-order valence-electron chi connectivity index (χ4n) is 3.23. The lowest BCUT2D eigenvalue weighted by Crippen LogP contribution is -2.49. The molecule has 1 atom stereocenters. The number of anilines is 1. The molecule has 2 heterocycles. The summed E-state index contributed by atoms with van der Waals surface area (Å²) >= 11 is 0. The number of aliphatic hydroxyl groups is 1. The summed E-state index contributed by atoms with van der Waals surface area (Å²) in [7, 11) is 0. The van der Waals surface area contributed by atoms with Crippen molar-refractivity contribution in [1.29, 1.82) is 0 Å². The minimum absolute atomic E-state index is 0.189. The number of rotatable bonds is 7. The molecule has 1 aliphatic heterocycles. The summed E-state index contributed by atoms with van der Waals surface area (Å²) < 4.78 is 18.4. The van der Waals surface area contributed by atoms with Crippen LogP contribution in [0.5, 0.6) is 5.75 Å². The largest absolute Gasteiger partial charge is 0.491 e. The Kier molecular flexibility index (Phi) is 6.80. The van der Waals surface area contributed by atoms with Crippen molar-refractivity contribution < 1.29 is 14.2 Å². The van der Waals surface area contributed by atoms with Gasteiger partial charge in [-0.1, -0.05) is 13.8 Å². The third-order valence-corrected chi connectivity index (χ3v) is 4.80. The van der Waals surface area contributed by atoms with Gasteiger partial charge >= 0.3 is 0 Å². The highest BCUT2D eigenvalue weighted by molar-refractivity contribution is 5.40. The average molecular weight is 388 g/mol. The zero-order valence-electron chi connectivity index (χ0n) is 16.8. The molecule has 152 valence electrons. The molecule has 0 radical (unpaired) electrons. The van der Waals surface area contributed by atoms with Crippen LogP contribution in [0.4, 0.5) is 10.2 Å². The van der Waals surface area contributed by atoms with Crippen LogP contribution in [0, 0.1) is 12.7 Å². The predicted octanol–water partition coefficient (Wildman–Crippen LogP) is 2.61. The number of benzene rings is 1. The second kappa shape index (κ2) is 9.30. The average Bonchev–Trinajstić information content (AvgIpc) is 2.67. The zero-order valence-corrected chi connectivity index (χ0v) is 16.8. The van der Waals surface area contributed by atoms with Gasteiger partial charge in [0.05, 0.1) is 0 Å². The normalized spacial score (nSPS) is 16.4. The maximum Gasteiger partial charge on any atom is 0.133 e. The third kappa shape index (κ3) is 5.62. The Morgan fingerprint density at radius 2 is 1.79 bits per heavy atom. The van der Waals surface area contributed by atoms with Gasteiger partial charge in [0.2, 0.25) is 0 Å².